The van der Waals surface area contributed by atoms with E-state index in [1.54, 1.807) is 17.0 Å². The zero-order chi connectivity index (χ0) is 21.1. The average Bonchev–Trinajstić information content (AvgIpc) is 2.67. The molecule has 2 aliphatic heterocycles. The number of halogens is 1. The molecule has 0 aliphatic carbocycles. The van der Waals surface area contributed by atoms with Gasteiger partial charge in [0, 0.05) is 67.7 Å². The number of amidine groups is 1. The minimum Gasteiger partial charge on any atom is -0.507 e. The number of aryl methyl sites for hydroxylation is 1. The number of phenolic OH excluding ortho intramolecular Hbond substituents is 1. The number of carbonyl (C=O) groups excluding carboxylic acids is 1. The predicted molar refractivity (Wildman–Crippen MR) is 116 cm³/mol. The fourth-order valence-electron chi connectivity index (χ4n) is 3.75. The van der Waals surface area contributed by atoms with Crippen molar-refractivity contribution in [3.8, 4) is 5.75 Å². The van der Waals surface area contributed by atoms with E-state index in [4.69, 9.17) is 22.7 Å². The fourth-order valence-corrected chi connectivity index (χ4v) is 4.04. The lowest BCUT2D eigenvalue weighted by molar-refractivity contribution is -0.133. The molecule has 0 aromatic heterocycles. The molecule has 0 saturated carbocycles. The number of benzene rings is 1. The van der Waals surface area contributed by atoms with E-state index in [1.807, 2.05) is 11.8 Å². The minimum atomic E-state index is -0.0149. The third kappa shape index (κ3) is 4.57. The van der Waals surface area contributed by atoms with Crippen LogP contribution in [0.3, 0.4) is 0 Å². The first-order chi connectivity index (χ1) is 13.8. The lowest BCUT2D eigenvalue weighted by Crippen LogP contribution is -2.64. The molecule has 3 rings (SSSR count). The van der Waals surface area contributed by atoms with Gasteiger partial charge in [0.2, 0.25) is 5.91 Å². The van der Waals surface area contributed by atoms with Crippen molar-refractivity contribution >= 4 is 29.0 Å². The van der Waals surface area contributed by atoms with Crippen molar-refractivity contribution in [3.63, 3.8) is 0 Å². The van der Waals surface area contributed by atoms with E-state index in [0.717, 1.165) is 51.3 Å². The molecule has 8 heteroatoms. The molecular formula is C21H28ClN5O2. The Labute approximate surface area is 176 Å². The Morgan fingerprint density at radius 1 is 1.31 bits per heavy atom. The van der Waals surface area contributed by atoms with Crippen molar-refractivity contribution in [2.75, 3.05) is 39.3 Å². The maximum atomic E-state index is 11.6. The molecule has 1 aromatic carbocycles. The van der Waals surface area contributed by atoms with Crippen molar-refractivity contribution in [1.82, 2.24) is 14.7 Å². The summed E-state index contributed by atoms with van der Waals surface area (Å²) in [5.41, 5.74) is 7.92. The van der Waals surface area contributed by atoms with E-state index in [9.17, 15) is 9.90 Å². The number of rotatable bonds is 5. The number of nitrogens with two attached hydrogens (primary N) is 1. The molecule has 0 radical (unpaired) electrons. The first-order valence-electron chi connectivity index (χ1n) is 9.81. The zero-order valence-corrected chi connectivity index (χ0v) is 17.5. The van der Waals surface area contributed by atoms with Gasteiger partial charge in [-0.1, -0.05) is 25.1 Å². The van der Waals surface area contributed by atoms with Crippen molar-refractivity contribution in [2.45, 2.75) is 19.4 Å². The molecule has 1 aromatic rings. The third-order valence-corrected chi connectivity index (χ3v) is 6.02. The van der Waals surface area contributed by atoms with Gasteiger partial charge >= 0.3 is 0 Å². The maximum absolute atomic E-state index is 11.6. The number of nitrogens with zero attached hydrogens (tertiary/aromatic N) is 3. The van der Waals surface area contributed by atoms with E-state index in [-0.39, 0.29) is 11.7 Å². The molecule has 156 valence electrons. The van der Waals surface area contributed by atoms with Crippen LogP contribution in [0.5, 0.6) is 5.75 Å². The first kappa shape index (κ1) is 21.2. The number of phenols is 1. The van der Waals surface area contributed by atoms with Gasteiger partial charge in [-0.05, 0) is 30.2 Å². The molecule has 4 N–H and O–H groups in total. The summed E-state index contributed by atoms with van der Waals surface area (Å²) in [4.78, 5) is 17.7. The van der Waals surface area contributed by atoms with E-state index in [2.05, 4.69) is 11.5 Å². The van der Waals surface area contributed by atoms with Crippen molar-refractivity contribution in [2.24, 2.45) is 5.73 Å². The molecule has 29 heavy (non-hydrogen) atoms. The highest BCUT2D eigenvalue weighted by molar-refractivity contribution is 6.31. The van der Waals surface area contributed by atoms with Crippen LogP contribution in [0.1, 0.15) is 18.1 Å². The molecule has 7 nitrogen and oxygen atoms in total. The molecule has 0 unspecified atom stereocenters. The lowest BCUT2D eigenvalue weighted by Gasteiger charge is -2.48. The average molecular weight is 418 g/mol. The van der Waals surface area contributed by atoms with Gasteiger partial charge in [0.05, 0.1) is 0 Å². The second kappa shape index (κ2) is 8.88. The van der Waals surface area contributed by atoms with E-state index in [0.29, 0.717) is 28.2 Å². The highest BCUT2D eigenvalue weighted by atomic mass is 35.5. The van der Waals surface area contributed by atoms with Gasteiger partial charge in [-0.3, -0.25) is 15.1 Å². The number of piperazine rings is 1. The van der Waals surface area contributed by atoms with Crippen molar-refractivity contribution in [3.05, 3.63) is 47.0 Å². The largest absolute Gasteiger partial charge is 0.507 e. The number of carbonyl (C=O) groups is 1. The van der Waals surface area contributed by atoms with E-state index < -0.39 is 0 Å². The summed E-state index contributed by atoms with van der Waals surface area (Å²) in [5.74, 6) is 0.327. The molecule has 0 spiro atoms. The normalized spacial score (nSPS) is 18.5. The van der Waals surface area contributed by atoms with Gasteiger partial charge in [-0.15, -0.1) is 0 Å². The van der Waals surface area contributed by atoms with Crippen LogP contribution in [0.15, 0.2) is 30.9 Å². The number of likely N-dealkylation sites (tertiary alicyclic amines) is 1. The summed E-state index contributed by atoms with van der Waals surface area (Å²) < 4.78 is 0. The number of hydrogen-bond donors (Lipinski definition) is 3. The van der Waals surface area contributed by atoms with Crippen LogP contribution in [0.4, 0.5) is 0 Å². The standard InChI is InChI=1S/C21H28ClN5O2/c1-3-14-9-16(19(28)10-17(14)22)18(23)11-20(24)26-7-5-25(6-8-26)15-12-27(13-15)21(29)4-2/h4,9-11,15,24,28H,2-3,5-8,12-13,23H2,1H3. The maximum Gasteiger partial charge on any atom is 0.246 e. The van der Waals surface area contributed by atoms with Gasteiger partial charge in [-0.25, -0.2) is 0 Å². The summed E-state index contributed by atoms with van der Waals surface area (Å²) in [6.45, 7) is 10.1. The highest BCUT2D eigenvalue weighted by Crippen LogP contribution is 2.30. The monoisotopic (exact) mass is 417 g/mol. The number of aromatic hydroxyl groups is 1. The van der Waals surface area contributed by atoms with Crippen molar-refractivity contribution in [1.29, 1.82) is 5.41 Å². The Kier molecular flexibility index (Phi) is 6.49. The Balaban J connectivity index is 1.57. The molecule has 2 heterocycles. The second-order valence-corrected chi connectivity index (χ2v) is 7.83. The SMILES string of the molecule is C=CC(=O)N1CC(N2CCN(C(=N)C=C(N)c3cc(CC)c(Cl)cc3O)CC2)C1. The predicted octanol–water partition coefficient (Wildman–Crippen LogP) is 1.90. The van der Waals surface area contributed by atoms with Gasteiger partial charge in [0.25, 0.3) is 0 Å². The van der Waals surface area contributed by atoms with Gasteiger partial charge in [-0.2, -0.15) is 0 Å². The minimum absolute atomic E-state index is 0.0149. The lowest BCUT2D eigenvalue weighted by atomic mass is 10.0. The van der Waals surface area contributed by atoms with Crippen LogP contribution >= 0.6 is 11.6 Å². The first-order valence-corrected chi connectivity index (χ1v) is 10.2. The Hall–Kier alpha value is -2.51. The summed E-state index contributed by atoms with van der Waals surface area (Å²) >= 11 is 6.12. The third-order valence-electron chi connectivity index (χ3n) is 5.67. The quantitative estimate of drug-likeness (QED) is 0.386. The summed E-state index contributed by atoms with van der Waals surface area (Å²) in [6.07, 6.45) is 3.68. The van der Waals surface area contributed by atoms with Crippen LogP contribution in [0, 0.1) is 5.41 Å². The molecule has 2 fully saturated rings. The smallest absolute Gasteiger partial charge is 0.246 e. The number of amides is 1. The van der Waals surface area contributed by atoms with Crippen LogP contribution < -0.4 is 5.73 Å². The van der Waals surface area contributed by atoms with Crippen LogP contribution in [-0.4, -0.2) is 76.9 Å². The zero-order valence-electron chi connectivity index (χ0n) is 16.7. The van der Waals surface area contributed by atoms with E-state index in [1.165, 1.54) is 12.1 Å². The summed E-state index contributed by atoms with van der Waals surface area (Å²) in [5, 5.41) is 19.1. The fraction of sp³-hybridized carbons (Fsp3) is 0.429. The molecule has 2 saturated heterocycles. The molecule has 0 atom stereocenters. The van der Waals surface area contributed by atoms with Crippen LogP contribution in [-0.2, 0) is 11.2 Å². The number of hydrogen-bond acceptors (Lipinski definition) is 5. The van der Waals surface area contributed by atoms with Gasteiger partial charge in [0.1, 0.15) is 11.6 Å². The van der Waals surface area contributed by atoms with Crippen LogP contribution in [0.2, 0.25) is 5.02 Å². The Bertz CT molecular complexity index is 840. The van der Waals surface area contributed by atoms with E-state index >= 15 is 0 Å². The topological polar surface area (TPSA) is 96.9 Å². The second-order valence-electron chi connectivity index (χ2n) is 7.42. The molecule has 2 aliphatic rings. The molecular weight excluding hydrogens is 390 g/mol. The van der Waals surface area contributed by atoms with Gasteiger partial charge < -0.3 is 20.6 Å². The highest BCUT2D eigenvalue weighted by Gasteiger charge is 2.35. The Morgan fingerprint density at radius 3 is 2.55 bits per heavy atom. The summed E-state index contributed by atoms with van der Waals surface area (Å²) in [7, 11) is 0. The van der Waals surface area contributed by atoms with Crippen molar-refractivity contribution < 1.29 is 9.90 Å². The van der Waals surface area contributed by atoms with Gasteiger partial charge in [0.15, 0.2) is 0 Å². The summed E-state index contributed by atoms with van der Waals surface area (Å²) in [6, 6.07) is 3.66. The number of nitrogens with one attached hydrogen (secondary N) is 1. The molecule has 1 amide bonds. The molecule has 0 bridgehead atoms. The van der Waals surface area contributed by atoms with Crippen LogP contribution in [0.25, 0.3) is 5.70 Å². The Morgan fingerprint density at radius 2 is 1.97 bits per heavy atom.